The Kier molecular flexibility index (Phi) is 5.78. The molecule has 149 valence electrons. The standard InChI is InChI=1S/C24H25N2O3/c1-23(2)22(25(27)24(3,4)26(23)28)17-16-20-14-12-19(13-15-20)9-8-18-29-21-10-6-5-7-11-21/h5-7,10-17H,18H2,1-4H3/b17-16+. The van der Waals surface area contributed by atoms with E-state index in [1.54, 1.807) is 33.8 Å². The first-order valence-corrected chi connectivity index (χ1v) is 9.50. The van der Waals surface area contributed by atoms with Gasteiger partial charge in [0.15, 0.2) is 0 Å². The Morgan fingerprint density at radius 2 is 1.69 bits per heavy atom. The minimum absolute atomic E-state index is 0.319. The number of hydrogen-bond donors (Lipinski definition) is 0. The summed E-state index contributed by atoms with van der Waals surface area (Å²) in [6, 6.07) is 17.2. The van der Waals surface area contributed by atoms with Crippen molar-refractivity contribution in [1.82, 2.24) is 5.06 Å². The molecule has 3 rings (SSSR count). The first-order valence-electron chi connectivity index (χ1n) is 9.50. The van der Waals surface area contributed by atoms with Crippen molar-refractivity contribution in [2.45, 2.75) is 38.9 Å². The first kappa shape index (κ1) is 20.7. The van der Waals surface area contributed by atoms with Crippen LogP contribution in [0.25, 0.3) is 6.08 Å². The van der Waals surface area contributed by atoms with Crippen LogP contribution >= 0.6 is 0 Å². The molecule has 1 aliphatic rings. The second-order valence-corrected chi connectivity index (χ2v) is 7.89. The van der Waals surface area contributed by atoms with Crippen molar-refractivity contribution in [2.24, 2.45) is 0 Å². The molecule has 1 radical (unpaired) electrons. The van der Waals surface area contributed by atoms with Crippen LogP contribution in [0.15, 0.2) is 60.7 Å². The van der Waals surface area contributed by atoms with E-state index in [2.05, 4.69) is 11.8 Å². The van der Waals surface area contributed by atoms with Crippen LogP contribution < -0.4 is 4.74 Å². The van der Waals surface area contributed by atoms with Crippen LogP contribution in [-0.2, 0) is 5.21 Å². The number of para-hydroxylation sites is 1. The smallest absolute Gasteiger partial charge is 0.248 e. The van der Waals surface area contributed by atoms with Crippen molar-refractivity contribution in [3.63, 3.8) is 0 Å². The number of nitrogens with zero attached hydrogens (tertiary/aromatic N) is 2. The molecule has 0 saturated carbocycles. The van der Waals surface area contributed by atoms with E-state index in [4.69, 9.17) is 4.74 Å². The van der Waals surface area contributed by atoms with Crippen molar-refractivity contribution < 1.29 is 14.7 Å². The maximum Gasteiger partial charge on any atom is 0.248 e. The van der Waals surface area contributed by atoms with Gasteiger partial charge in [-0.05, 0) is 49.8 Å². The highest BCUT2D eigenvalue weighted by molar-refractivity contribution is 6.02. The molecule has 0 spiro atoms. The summed E-state index contributed by atoms with van der Waals surface area (Å²) in [4.78, 5) is 0. The maximum absolute atomic E-state index is 12.5. The zero-order valence-electron chi connectivity index (χ0n) is 17.2. The minimum Gasteiger partial charge on any atom is -0.622 e. The Bertz CT molecular complexity index is 978. The van der Waals surface area contributed by atoms with Crippen LogP contribution in [0, 0.1) is 17.0 Å². The average molecular weight is 389 g/mol. The van der Waals surface area contributed by atoms with E-state index >= 15 is 0 Å². The lowest BCUT2D eigenvalue weighted by molar-refractivity contribution is -0.586. The fourth-order valence-corrected chi connectivity index (χ4v) is 3.31. The van der Waals surface area contributed by atoms with Gasteiger partial charge in [-0.25, -0.2) is 0 Å². The molecule has 29 heavy (non-hydrogen) atoms. The largest absolute Gasteiger partial charge is 0.622 e. The lowest BCUT2D eigenvalue weighted by atomic mass is 9.97. The third-order valence-electron chi connectivity index (χ3n) is 4.98. The number of hydrogen-bond acceptors (Lipinski definition) is 3. The first-order chi connectivity index (χ1) is 13.7. The molecule has 2 aromatic carbocycles. The van der Waals surface area contributed by atoms with Gasteiger partial charge in [0, 0.05) is 25.5 Å². The normalized spacial score (nSPS) is 18.0. The van der Waals surface area contributed by atoms with Crippen LogP contribution in [0.2, 0.25) is 0 Å². The maximum atomic E-state index is 12.5. The SMILES string of the molecule is CC1(C)C(/C=C/c2ccc(C#CCOc3ccccc3)cc2)=[N+]([O-])C(C)(C)N1[O]. The third kappa shape index (κ3) is 4.34. The zero-order valence-corrected chi connectivity index (χ0v) is 17.2. The van der Waals surface area contributed by atoms with Crippen LogP contribution in [0.4, 0.5) is 0 Å². The van der Waals surface area contributed by atoms with Gasteiger partial charge in [0.25, 0.3) is 0 Å². The van der Waals surface area contributed by atoms with Crippen molar-refractivity contribution in [1.29, 1.82) is 0 Å². The Balaban J connectivity index is 1.65. The molecule has 5 nitrogen and oxygen atoms in total. The van der Waals surface area contributed by atoms with Gasteiger partial charge in [0.05, 0.1) is 0 Å². The molecule has 0 aliphatic carbocycles. The number of rotatable bonds is 4. The highest BCUT2D eigenvalue weighted by Gasteiger charge is 2.56. The predicted molar refractivity (Wildman–Crippen MR) is 114 cm³/mol. The Morgan fingerprint density at radius 1 is 1.03 bits per heavy atom. The molecule has 0 unspecified atom stereocenters. The Labute approximate surface area is 172 Å². The van der Waals surface area contributed by atoms with Gasteiger partial charge in [-0.1, -0.05) is 47.2 Å². The van der Waals surface area contributed by atoms with E-state index in [1.165, 1.54) is 0 Å². The molecule has 0 saturated heterocycles. The summed E-state index contributed by atoms with van der Waals surface area (Å²) < 4.78 is 6.35. The second-order valence-electron chi connectivity index (χ2n) is 7.89. The monoisotopic (exact) mass is 389 g/mol. The average Bonchev–Trinajstić information content (AvgIpc) is 2.82. The van der Waals surface area contributed by atoms with Crippen molar-refractivity contribution in [3.05, 3.63) is 77.0 Å². The van der Waals surface area contributed by atoms with Crippen LogP contribution in [0.1, 0.15) is 38.8 Å². The Hall–Kier alpha value is -3.07. The molecule has 0 N–H and O–H groups in total. The lowest BCUT2D eigenvalue weighted by Gasteiger charge is -2.27. The van der Waals surface area contributed by atoms with E-state index < -0.39 is 11.2 Å². The third-order valence-corrected chi connectivity index (χ3v) is 4.98. The van der Waals surface area contributed by atoms with E-state index in [0.29, 0.717) is 12.3 Å². The predicted octanol–water partition coefficient (Wildman–Crippen LogP) is 4.26. The summed E-state index contributed by atoms with van der Waals surface area (Å²) in [5, 5.41) is 25.8. The molecule has 0 bridgehead atoms. The summed E-state index contributed by atoms with van der Waals surface area (Å²) in [6.07, 6.45) is 3.56. The van der Waals surface area contributed by atoms with Crippen molar-refractivity contribution >= 4 is 11.8 Å². The van der Waals surface area contributed by atoms with Crippen LogP contribution in [0.5, 0.6) is 5.75 Å². The summed E-state index contributed by atoms with van der Waals surface area (Å²) in [7, 11) is 0. The summed E-state index contributed by atoms with van der Waals surface area (Å²) in [5.41, 5.74) is 0.246. The second kappa shape index (κ2) is 8.12. The van der Waals surface area contributed by atoms with Gasteiger partial charge < -0.3 is 9.94 Å². The van der Waals surface area contributed by atoms with Crippen LogP contribution in [-0.4, -0.2) is 33.3 Å². The molecule has 0 amide bonds. The molecule has 2 aromatic rings. The fourth-order valence-electron chi connectivity index (χ4n) is 3.31. The molecular formula is C24H25N2O3. The molecule has 0 atom stereocenters. The number of hydroxylamine groups is 3. The quantitative estimate of drug-likeness (QED) is 0.446. The molecule has 5 heteroatoms. The molecule has 1 aliphatic heterocycles. The number of benzene rings is 2. The van der Waals surface area contributed by atoms with Gasteiger partial charge >= 0.3 is 0 Å². The van der Waals surface area contributed by atoms with E-state index in [-0.39, 0.29) is 0 Å². The summed E-state index contributed by atoms with van der Waals surface area (Å²) >= 11 is 0. The topological polar surface area (TPSA) is 58.4 Å². The van der Waals surface area contributed by atoms with Crippen LogP contribution in [0.3, 0.4) is 0 Å². The summed E-state index contributed by atoms with van der Waals surface area (Å²) in [5.74, 6) is 6.85. The Morgan fingerprint density at radius 3 is 2.28 bits per heavy atom. The van der Waals surface area contributed by atoms with Gasteiger partial charge in [-0.2, -0.15) is 4.74 Å². The van der Waals surface area contributed by atoms with E-state index in [9.17, 15) is 10.4 Å². The van der Waals surface area contributed by atoms with Gasteiger partial charge in [-0.15, -0.1) is 5.21 Å². The molecule has 1 heterocycles. The van der Waals surface area contributed by atoms with Gasteiger partial charge in [0.2, 0.25) is 11.4 Å². The number of ether oxygens (including phenoxy) is 1. The summed E-state index contributed by atoms with van der Waals surface area (Å²) in [6.45, 7) is 7.10. The molecule has 0 aromatic heterocycles. The fraction of sp³-hybridized carbons (Fsp3) is 0.292. The van der Waals surface area contributed by atoms with Gasteiger partial charge in [0.1, 0.15) is 17.9 Å². The van der Waals surface area contributed by atoms with Crippen molar-refractivity contribution in [3.8, 4) is 17.6 Å². The zero-order chi connectivity index (χ0) is 21.1. The lowest BCUT2D eigenvalue weighted by Crippen LogP contribution is -2.50. The molecular weight excluding hydrogens is 364 g/mol. The van der Waals surface area contributed by atoms with E-state index in [1.807, 2.05) is 60.7 Å². The van der Waals surface area contributed by atoms with Gasteiger partial charge in [-0.3, -0.25) is 0 Å². The van der Waals surface area contributed by atoms with E-state index in [0.717, 1.165) is 26.7 Å². The molecule has 0 fully saturated rings. The minimum atomic E-state index is -1.12. The highest BCUT2D eigenvalue weighted by Crippen LogP contribution is 2.33. The highest BCUT2D eigenvalue weighted by atomic mass is 16.6. The van der Waals surface area contributed by atoms with Crippen molar-refractivity contribution in [2.75, 3.05) is 6.61 Å².